The molecule has 0 fully saturated rings. The van der Waals surface area contributed by atoms with Gasteiger partial charge in [-0.1, -0.05) is 53.3 Å². The van der Waals surface area contributed by atoms with Crippen molar-refractivity contribution in [3.05, 3.63) is 0 Å². The molecule has 194 valence electrons. The van der Waals surface area contributed by atoms with E-state index in [1.165, 1.54) is 18.9 Å². The van der Waals surface area contributed by atoms with Crippen LogP contribution < -0.4 is 0 Å². The Morgan fingerprint density at radius 1 is 0.594 bits per heavy atom. The number of hydrogen-bond donors (Lipinski definition) is 0. The summed E-state index contributed by atoms with van der Waals surface area (Å²) in [5.74, 6) is 0. The zero-order valence-corrected chi connectivity index (χ0v) is 29.3. The number of rotatable bonds is 13. The summed E-state index contributed by atoms with van der Waals surface area (Å²) in [5, 5.41) is -0.377. The fourth-order valence-corrected chi connectivity index (χ4v) is 15.8. The van der Waals surface area contributed by atoms with Crippen molar-refractivity contribution in [1.29, 1.82) is 0 Å². The maximum Gasteiger partial charge on any atom is 0.216 e. The van der Waals surface area contributed by atoms with Gasteiger partial charge >= 0.3 is 0 Å². The smallest absolute Gasteiger partial charge is 0.216 e. The number of hydrogen-bond acceptors (Lipinski definition) is 3. The Balaban J connectivity index is 6.28. The van der Waals surface area contributed by atoms with E-state index in [0.29, 0.717) is 0 Å². The van der Waals surface area contributed by atoms with Crippen molar-refractivity contribution < 1.29 is 13.3 Å². The molecule has 3 nitrogen and oxygen atoms in total. The molecule has 0 N–H and O–H groups in total. The van der Waals surface area contributed by atoms with Crippen molar-refractivity contribution in [2.75, 3.05) is 0 Å². The number of unbranched alkanes of at least 4 members (excludes halogenated alkanes) is 1. The van der Waals surface area contributed by atoms with Crippen LogP contribution in [0.15, 0.2) is 0 Å². The van der Waals surface area contributed by atoms with Crippen LogP contribution in [0.3, 0.4) is 0 Å². The van der Waals surface area contributed by atoms with Gasteiger partial charge in [-0.3, -0.25) is 0 Å². The molecule has 32 heavy (non-hydrogen) atoms. The summed E-state index contributed by atoms with van der Waals surface area (Å²) in [6, 6.07) is 1.17. The highest BCUT2D eigenvalue weighted by Gasteiger charge is 2.59. The molecule has 0 aromatic heterocycles. The molecule has 0 saturated carbocycles. The Kier molecular flexibility index (Phi) is 10.2. The van der Waals surface area contributed by atoms with Crippen molar-refractivity contribution in [1.82, 2.24) is 0 Å². The second kappa shape index (κ2) is 10.0. The molecule has 0 aliphatic heterocycles. The first-order chi connectivity index (χ1) is 13.7. The van der Waals surface area contributed by atoms with E-state index >= 15 is 0 Å². The summed E-state index contributed by atoms with van der Waals surface area (Å²) in [7, 11) is -7.59. The summed E-state index contributed by atoms with van der Waals surface area (Å²) >= 11 is 0. The van der Waals surface area contributed by atoms with E-state index in [9.17, 15) is 0 Å². The Morgan fingerprint density at radius 3 is 1.38 bits per heavy atom. The minimum Gasteiger partial charge on any atom is -0.414 e. The molecule has 0 aromatic carbocycles. The van der Waals surface area contributed by atoms with E-state index in [0.717, 1.165) is 0 Å². The van der Waals surface area contributed by atoms with Crippen molar-refractivity contribution in [3.8, 4) is 0 Å². The lowest BCUT2D eigenvalue weighted by atomic mass is 9.93. The van der Waals surface area contributed by atoms with Crippen molar-refractivity contribution in [2.45, 2.75) is 161 Å². The minimum absolute atomic E-state index is 0.0639. The Morgan fingerprint density at radius 2 is 1.03 bits per heavy atom. The maximum atomic E-state index is 7.34. The molecular weight excluding hydrogens is 461 g/mol. The lowest BCUT2D eigenvalue weighted by Gasteiger charge is -2.58. The van der Waals surface area contributed by atoms with Gasteiger partial charge in [0.2, 0.25) is 8.32 Å². The molecule has 0 radical (unpaired) electrons. The SMILES string of the molecule is CCCC[Si](C)(OC(C)(C)[Si](C)(C)C)C(C)(C)C(C)(C)O[Si](C)(C)C(C)(C)O[Si](C)(C)C. The van der Waals surface area contributed by atoms with Crippen LogP contribution in [-0.2, 0) is 13.3 Å². The van der Waals surface area contributed by atoms with E-state index in [1.807, 2.05) is 0 Å². The van der Waals surface area contributed by atoms with Crippen molar-refractivity contribution in [3.63, 3.8) is 0 Å². The van der Waals surface area contributed by atoms with Crippen LogP contribution in [0.25, 0.3) is 0 Å². The molecule has 0 rings (SSSR count). The Labute approximate surface area is 207 Å². The monoisotopic (exact) mass is 520 g/mol. The van der Waals surface area contributed by atoms with Crippen LogP contribution in [-0.4, -0.2) is 49.1 Å². The van der Waals surface area contributed by atoms with Gasteiger partial charge < -0.3 is 13.3 Å². The van der Waals surface area contributed by atoms with E-state index in [1.54, 1.807) is 0 Å². The van der Waals surface area contributed by atoms with Gasteiger partial charge in [0, 0.05) is 10.3 Å². The molecule has 7 heteroatoms. The third kappa shape index (κ3) is 7.62. The maximum absolute atomic E-state index is 7.34. The first kappa shape index (κ1) is 32.7. The van der Waals surface area contributed by atoms with Crippen LogP contribution in [0.1, 0.15) is 75.2 Å². The molecule has 1 unspecified atom stereocenters. The second-order valence-corrected chi connectivity index (χ2v) is 33.6. The van der Waals surface area contributed by atoms with Gasteiger partial charge in [0.25, 0.3) is 0 Å². The van der Waals surface area contributed by atoms with Gasteiger partial charge in [0.15, 0.2) is 16.6 Å². The average molecular weight is 521 g/mol. The second-order valence-electron chi connectivity index (χ2n) is 14.7. The highest BCUT2D eigenvalue weighted by molar-refractivity contribution is 6.82. The van der Waals surface area contributed by atoms with Crippen LogP contribution in [0.2, 0.25) is 70.0 Å². The third-order valence-electron chi connectivity index (χ3n) is 8.64. The van der Waals surface area contributed by atoms with Gasteiger partial charge in [0.1, 0.15) is 0 Å². The van der Waals surface area contributed by atoms with Gasteiger partial charge in [-0.05, 0) is 86.9 Å². The molecule has 0 spiro atoms. The fourth-order valence-electron chi connectivity index (χ4n) is 4.13. The first-order valence-corrected chi connectivity index (χ1v) is 25.2. The Bertz CT molecular complexity index is 614. The molecule has 0 amide bonds. The predicted molar refractivity (Wildman–Crippen MR) is 155 cm³/mol. The summed E-state index contributed by atoms with van der Waals surface area (Å²) < 4.78 is 21.3. The first-order valence-electron chi connectivity index (χ1n) is 12.8. The molecule has 1 atom stereocenters. The van der Waals surface area contributed by atoms with E-state index < -0.39 is 33.0 Å². The summed E-state index contributed by atoms with van der Waals surface area (Å²) in [6.07, 6.45) is 2.42. The Hall–Kier alpha value is 0.748. The quantitative estimate of drug-likeness (QED) is 0.227. The lowest BCUT2D eigenvalue weighted by Crippen LogP contribution is -2.66. The minimum atomic E-state index is -2.20. The molecule has 0 bridgehead atoms. The van der Waals surface area contributed by atoms with Crippen LogP contribution in [0.4, 0.5) is 0 Å². The normalized spacial score (nSPS) is 17.4. The fraction of sp³-hybridized carbons (Fsp3) is 1.00. The largest absolute Gasteiger partial charge is 0.414 e. The molecule has 0 aliphatic carbocycles. The molecule has 0 aliphatic rings. The summed E-state index contributed by atoms with van der Waals surface area (Å²) in [5.41, 5.74) is -0.312. The van der Waals surface area contributed by atoms with Gasteiger partial charge in [-0.15, -0.1) is 0 Å². The summed E-state index contributed by atoms with van der Waals surface area (Å²) in [6.45, 7) is 42.2. The zero-order valence-electron chi connectivity index (χ0n) is 25.3. The van der Waals surface area contributed by atoms with Crippen LogP contribution >= 0.6 is 0 Å². The predicted octanol–water partition coefficient (Wildman–Crippen LogP) is 8.98. The highest BCUT2D eigenvalue weighted by Crippen LogP contribution is 2.54. The molecule has 0 saturated heterocycles. The van der Waals surface area contributed by atoms with Gasteiger partial charge in [0.05, 0.1) is 18.9 Å². The van der Waals surface area contributed by atoms with E-state index in [4.69, 9.17) is 13.3 Å². The highest BCUT2D eigenvalue weighted by atomic mass is 28.4. The molecular formula is C25H60O3Si4. The standard InChI is InChI=1S/C25H60O3Si4/c1-19-20-21-32(18,28-24(6,7)29(10,11)12)23(4,5)22(2,3)26-31(16,17)25(8,9)27-30(13,14)15/h19-21H2,1-18H3. The van der Waals surface area contributed by atoms with Crippen LogP contribution in [0.5, 0.6) is 0 Å². The average Bonchev–Trinajstić information content (AvgIpc) is 2.47. The topological polar surface area (TPSA) is 27.7 Å². The molecule has 0 aromatic rings. The lowest BCUT2D eigenvalue weighted by molar-refractivity contribution is 0.0156. The van der Waals surface area contributed by atoms with E-state index in [-0.39, 0.29) is 21.1 Å². The van der Waals surface area contributed by atoms with Crippen molar-refractivity contribution >= 4 is 33.0 Å². The van der Waals surface area contributed by atoms with Gasteiger partial charge in [-0.25, -0.2) is 0 Å². The zero-order chi connectivity index (χ0) is 26.2. The van der Waals surface area contributed by atoms with Gasteiger partial charge in [-0.2, -0.15) is 0 Å². The van der Waals surface area contributed by atoms with Crippen LogP contribution in [0, 0.1) is 0 Å². The third-order valence-corrected chi connectivity index (χ3v) is 23.4. The van der Waals surface area contributed by atoms with E-state index in [2.05, 4.69) is 121 Å². The summed E-state index contributed by atoms with van der Waals surface area (Å²) in [4.78, 5) is 0. The van der Waals surface area contributed by atoms with Crippen molar-refractivity contribution in [2.24, 2.45) is 0 Å². The molecule has 0 heterocycles.